The summed E-state index contributed by atoms with van der Waals surface area (Å²) in [5.74, 6) is -2.83. The first-order chi connectivity index (χ1) is 21.1. The number of anilines is 3. The van der Waals surface area contributed by atoms with Gasteiger partial charge in [-0.25, -0.2) is 14.2 Å². The van der Waals surface area contributed by atoms with Crippen molar-refractivity contribution in [3.63, 3.8) is 0 Å². The molecular weight excluding hydrogens is 581 g/mol. The first kappa shape index (κ1) is 32.8. The molecule has 13 heteroatoms. The van der Waals surface area contributed by atoms with E-state index >= 15 is 4.39 Å². The maximum Gasteiger partial charge on any atom is 0.408 e. The number of nitrogens with two attached hydrogens (primary N) is 1. The average Bonchev–Trinajstić information content (AvgIpc) is 3.19. The van der Waals surface area contributed by atoms with E-state index in [4.69, 9.17) is 5.73 Å². The van der Waals surface area contributed by atoms with Gasteiger partial charge in [-0.1, -0.05) is 12.1 Å². The number of pyridine rings is 2. The van der Waals surface area contributed by atoms with Crippen molar-refractivity contribution in [2.75, 3.05) is 17.2 Å². The Hall–Kier alpha value is -5.07. The minimum absolute atomic E-state index is 0.0141. The molecule has 2 aromatic heterocycles. The van der Waals surface area contributed by atoms with Crippen molar-refractivity contribution < 1.29 is 28.7 Å². The Labute approximate surface area is 260 Å². The highest BCUT2D eigenvalue weighted by Gasteiger charge is 2.37. The summed E-state index contributed by atoms with van der Waals surface area (Å²) < 4.78 is 15.5. The molecule has 4 rings (SSSR count). The van der Waals surface area contributed by atoms with Gasteiger partial charge in [0.25, 0.3) is 17.7 Å². The Morgan fingerprint density at radius 3 is 2.24 bits per heavy atom. The highest BCUT2D eigenvalue weighted by atomic mass is 19.1. The van der Waals surface area contributed by atoms with Gasteiger partial charge in [0, 0.05) is 23.8 Å². The number of carbonyl (C=O) groups is 4. The van der Waals surface area contributed by atoms with E-state index in [2.05, 4.69) is 20.6 Å². The highest BCUT2D eigenvalue weighted by Crippen LogP contribution is 2.29. The molecule has 4 amide bonds. The quantitative estimate of drug-likeness (QED) is 0.213. The Balaban J connectivity index is 1.64. The molecule has 0 fully saturated rings. The van der Waals surface area contributed by atoms with Gasteiger partial charge in [-0.05, 0) is 84.2 Å². The van der Waals surface area contributed by atoms with Crippen LogP contribution in [0.2, 0.25) is 0 Å². The third kappa shape index (κ3) is 7.03. The van der Waals surface area contributed by atoms with E-state index in [1.165, 1.54) is 4.90 Å². The van der Waals surface area contributed by atoms with Crippen LogP contribution in [0.15, 0.2) is 42.6 Å². The van der Waals surface area contributed by atoms with Gasteiger partial charge in [-0.2, -0.15) is 0 Å². The molecule has 0 spiro atoms. The van der Waals surface area contributed by atoms with E-state index in [1.54, 1.807) is 64.2 Å². The number of aryl methyl sites for hydroxylation is 2. The number of carboxylic acid groups (broad SMARTS) is 1. The predicted octanol–water partition coefficient (Wildman–Crippen LogP) is 5.10. The molecule has 238 valence electrons. The first-order valence-electron chi connectivity index (χ1n) is 14.5. The predicted molar refractivity (Wildman–Crippen MR) is 167 cm³/mol. The number of benzene rings is 1. The molecule has 1 aromatic carbocycles. The van der Waals surface area contributed by atoms with Gasteiger partial charge in [0.15, 0.2) is 11.6 Å². The molecule has 2 atom stereocenters. The minimum atomic E-state index is -1.18. The average molecular weight is 620 g/mol. The van der Waals surface area contributed by atoms with Gasteiger partial charge in [0.05, 0.1) is 34.6 Å². The SMILES string of the molecule is Cc1cc(Nc2nc(N[C@H](CCCN3C(=O)c4ccccc4C3=O)[C@H](C)N(C(=O)O)C(C)(C)C)c(F)cc2C(N)=O)cnc1C. The zero-order valence-electron chi connectivity index (χ0n) is 26.1. The summed E-state index contributed by atoms with van der Waals surface area (Å²) >= 11 is 0. The molecule has 3 aromatic rings. The van der Waals surface area contributed by atoms with Crippen molar-refractivity contribution in [2.45, 2.75) is 72.0 Å². The van der Waals surface area contributed by atoms with Crippen LogP contribution in [0.4, 0.5) is 26.5 Å². The number of rotatable bonds is 11. The lowest BCUT2D eigenvalue weighted by Crippen LogP contribution is -2.56. The fourth-order valence-electron chi connectivity index (χ4n) is 5.49. The van der Waals surface area contributed by atoms with Gasteiger partial charge < -0.3 is 21.5 Å². The van der Waals surface area contributed by atoms with Gasteiger partial charge in [0.1, 0.15) is 5.82 Å². The first-order valence-corrected chi connectivity index (χ1v) is 14.5. The normalized spacial score (nSPS) is 14.2. The zero-order valence-corrected chi connectivity index (χ0v) is 26.1. The van der Waals surface area contributed by atoms with Crippen molar-refractivity contribution in [3.8, 4) is 0 Å². The molecule has 12 nitrogen and oxygen atoms in total. The molecule has 1 aliphatic rings. The number of nitrogens with one attached hydrogen (secondary N) is 2. The number of hydrogen-bond donors (Lipinski definition) is 4. The fraction of sp³-hybridized carbons (Fsp3) is 0.375. The standard InChI is InChI=1S/C32H38FN7O5/c1-17-14-20(16-35-18(17)2)36-27-23(26(34)41)15-24(33)28(38-27)37-25(19(3)40(31(44)45)32(4,5)6)12-9-13-39-29(42)21-10-7-8-11-22(21)30(39)43/h7-8,10-11,14-16,19,25H,9,12-13H2,1-6H3,(H2,34,41)(H,44,45)(H2,36,37,38)/t19-,25+/m0/s1. The second-order valence-corrected chi connectivity index (χ2v) is 12.1. The summed E-state index contributed by atoms with van der Waals surface area (Å²) in [4.78, 5) is 61.4. The van der Waals surface area contributed by atoms with Gasteiger partial charge in [-0.15, -0.1) is 0 Å². The lowest BCUT2D eigenvalue weighted by molar-refractivity contribution is 0.0639. The zero-order chi connectivity index (χ0) is 33.2. The highest BCUT2D eigenvalue weighted by molar-refractivity contribution is 6.21. The number of carbonyl (C=O) groups excluding carboxylic acids is 3. The molecular formula is C32H38FN7O5. The summed E-state index contributed by atoms with van der Waals surface area (Å²) in [6.07, 6.45) is 0.885. The van der Waals surface area contributed by atoms with Crippen LogP contribution < -0.4 is 16.4 Å². The second kappa shape index (κ2) is 12.9. The molecule has 0 aliphatic carbocycles. The number of amides is 4. The van der Waals surface area contributed by atoms with Crippen molar-refractivity contribution >= 4 is 41.1 Å². The Bertz CT molecular complexity index is 1620. The van der Waals surface area contributed by atoms with E-state index in [0.717, 1.165) is 22.2 Å². The molecule has 0 bridgehead atoms. The number of hydrogen-bond acceptors (Lipinski definition) is 8. The minimum Gasteiger partial charge on any atom is -0.465 e. The van der Waals surface area contributed by atoms with Crippen molar-refractivity contribution in [1.82, 2.24) is 19.8 Å². The molecule has 3 heterocycles. The number of nitrogens with zero attached hydrogens (tertiary/aromatic N) is 4. The van der Waals surface area contributed by atoms with Crippen LogP contribution in [0.25, 0.3) is 0 Å². The third-order valence-corrected chi connectivity index (χ3v) is 7.86. The van der Waals surface area contributed by atoms with Gasteiger partial charge in [0.2, 0.25) is 0 Å². The van der Waals surface area contributed by atoms with Crippen molar-refractivity contribution in [1.29, 1.82) is 0 Å². The van der Waals surface area contributed by atoms with E-state index in [-0.39, 0.29) is 36.6 Å². The molecule has 1 aliphatic heterocycles. The topological polar surface area (TPSA) is 171 Å². The summed E-state index contributed by atoms with van der Waals surface area (Å²) in [6.45, 7) is 10.7. The van der Waals surface area contributed by atoms with Crippen LogP contribution in [0.3, 0.4) is 0 Å². The Morgan fingerprint density at radius 1 is 1.09 bits per heavy atom. The molecule has 0 saturated heterocycles. The van der Waals surface area contributed by atoms with E-state index in [0.29, 0.717) is 16.8 Å². The molecule has 0 radical (unpaired) electrons. The summed E-state index contributed by atoms with van der Waals surface area (Å²) in [6, 6.07) is 7.88. The summed E-state index contributed by atoms with van der Waals surface area (Å²) in [5.41, 5.74) is 7.38. The lowest BCUT2D eigenvalue weighted by atomic mass is 9.97. The van der Waals surface area contributed by atoms with Gasteiger partial charge >= 0.3 is 6.09 Å². The Kier molecular flexibility index (Phi) is 9.40. The van der Waals surface area contributed by atoms with Crippen LogP contribution in [0, 0.1) is 19.7 Å². The number of fused-ring (bicyclic) bond motifs is 1. The number of primary amides is 1. The molecule has 0 unspecified atom stereocenters. The smallest absolute Gasteiger partial charge is 0.408 e. The second-order valence-electron chi connectivity index (χ2n) is 12.1. The summed E-state index contributed by atoms with van der Waals surface area (Å²) in [5, 5.41) is 16.1. The van der Waals surface area contributed by atoms with Crippen LogP contribution in [0.5, 0.6) is 0 Å². The fourth-order valence-corrected chi connectivity index (χ4v) is 5.49. The number of imide groups is 1. The Morgan fingerprint density at radius 2 is 1.71 bits per heavy atom. The summed E-state index contributed by atoms with van der Waals surface area (Å²) in [7, 11) is 0. The van der Waals surface area contributed by atoms with Crippen LogP contribution >= 0.6 is 0 Å². The maximum absolute atomic E-state index is 15.5. The van der Waals surface area contributed by atoms with Gasteiger partial charge in [-0.3, -0.25) is 29.2 Å². The van der Waals surface area contributed by atoms with E-state index in [9.17, 15) is 24.3 Å². The number of aromatic nitrogens is 2. The third-order valence-electron chi connectivity index (χ3n) is 7.86. The molecule has 45 heavy (non-hydrogen) atoms. The number of halogens is 1. The van der Waals surface area contributed by atoms with Crippen LogP contribution in [-0.2, 0) is 0 Å². The molecule has 5 N–H and O–H groups in total. The van der Waals surface area contributed by atoms with Crippen molar-refractivity contribution in [2.24, 2.45) is 5.73 Å². The van der Waals surface area contributed by atoms with E-state index < -0.39 is 47.3 Å². The van der Waals surface area contributed by atoms with Crippen LogP contribution in [-0.4, -0.2) is 72.9 Å². The largest absolute Gasteiger partial charge is 0.465 e. The van der Waals surface area contributed by atoms with E-state index in [1.807, 2.05) is 13.8 Å². The van der Waals surface area contributed by atoms with Crippen LogP contribution in [0.1, 0.15) is 82.9 Å². The van der Waals surface area contributed by atoms with Crippen molar-refractivity contribution in [3.05, 3.63) is 76.4 Å². The maximum atomic E-state index is 15.5. The monoisotopic (exact) mass is 619 g/mol. The lowest BCUT2D eigenvalue weighted by Gasteiger charge is -2.42. The molecule has 0 saturated carbocycles.